The fourth-order valence-electron chi connectivity index (χ4n) is 3.40. The number of carbonyl (C=O) groups excluding carboxylic acids is 1. The molecule has 3 amide bonds. The zero-order valence-electron chi connectivity index (χ0n) is 18.2. The number of benzene rings is 2. The van der Waals surface area contributed by atoms with Gasteiger partial charge in [0, 0.05) is 24.7 Å². The maximum absolute atomic E-state index is 12.0. The molecule has 0 aliphatic heterocycles. The molecule has 0 bridgehead atoms. The van der Waals surface area contributed by atoms with E-state index in [0.717, 1.165) is 37.9 Å². The van der Waals surface area contributed by atoms with Crippen molar-refractivity contribution in [2.24, 2.45) is 5.73 Å². The van der Waals surface area contributed by atoms with Crippen LogP contribution in [0.2, 0.25) is 0 Å². The monoisotopic (exact) mass is 467 g/mol. The summed E-state index contributed by atoms with van der Waals surface area (Å²) in [6.07, 6.45) is 5.87. The molecule has 172 valence electrons. The van der Waals surface area contributed by atoms with Crippen molar-refractivity contribution < 1.29 is 14.7 Å². The topological polar surface area (TPSA) is 121 Å². The predicted octanol–water partition coefficient (Wildman–Crippen LogP) is 4.04. The summed E-state index contributed by atoms with van der Waals surface area (Å²) in [6.45, 7) is 2.86. The van der Waals surface area contributed by atoms with Crippen LogP contribution < -0.4 is 16.4 Å². The number of hydrogen-bond donors (Lipinski definition) is 4. The fourth-order valence-corrected chi connectivity index (χ4v) is 3.40. The smallest absolute Gasteiger partial charge is 0.408 e. The molecule has 33 heavy (non-hydrogen) atoms. The van der Waals surface area contributed by atoms with Gasteiger partial charge in [0.05, 0.1) is 13.1 Å². The van der Waals surface area contributed by atoms with Crippen molar-refractivity contribution in [1.82, 2.24) is 15.2 Å². The minimum atomic E-state index is -1.10. The number of urea groups is 1. The van der Waals surface area contributed by atoms with E-state index >= 15 is 0 Å². The Morgan fingerprint density at radius 1 is 1.18 bits per heavy atom. The number of amides is 3. The molecule has 0 saturated heterocycles. The highest BCUT2D eigenvalue weighted by Crippen LogP contribution is 2.33. The third-order valence-electron chi connectivity index (χ3n) is 4.98. The van der Waals surface area contributed by atoms with Crippen LogP contribution in [0.5, 0.6) is 0 Å². The summed E-state index contributed by atoms with van der Waals surface area (Å²) in [7, 11) is 0. The van der Waals surface area contributed by atoms with Crippen molar-refractivity contribution in [2.45, 2.75) is 20.0 Å². The van der Waals surface area contributed by atoms with Gasteiger partial charge >= 0.3 is 12.1 Å². The number of rotatable bonds is 7. The molecule has 2 aromatic carbocycles. The molecule has 1 aromatic heterocycles. The van der Waals surface area contributed by atoms with Crippen LogP contribution >= 0.6 is 12.4 Å². The molecule has 0 unspecified atom stereocenters. The molecule has 9 heteroatoms. The Balaban J connectivity index is 0.00000385. The number of nitrogens with one attached hydrogen (secondary N) is 2. The van der Waals surface area contributed by atoms with Crippen LogP contribution in [-0.2, 0) is 13.1 Å². The highest BCUT2D eigenvalue weighted by molar-refractivity contribution is 6.01. The van der Waals surface area contributed by atoms with Gasteiger partial charge in [-0.15, -0.1) is 18.8 Å². The molecule has 0 aliphatic carbocycles. The quantitative estimate of drug-likeness (QED) is 0.391. The van der Waals surface area contributed by atoms with E-state index in [0.29, 0.717) is 18.9 Å². The Kier molecular flexibility index (Phi) is 9.04. The average molecular weight is 468 g/mol. The predicted molar refractivity (Wildman–Crippen MR) is 132 cm³/mol. The van der Waals surface area contributed by atoms with Crippen LogP contribution in [0.1, 0.15) is 18.1 Å². The summed E-state index contributed by atoms with van der Waals surface area (Å²) in [5.41, 5.74) is 9.38. The van der Waals surface area contributed by atoms with Gasteiger partial charge in [0.15, 0.2) is 0 Å². The minimum Gasteiger partial charge on any atom is -0.465 e. The molecule has 5 N–H and O–H groups in total. The zero-order valence-corrected chi connectivity index (χ0v) is 19.0. The molecular formula is C24H26ClN5O3. The summed E-state index contributed by atoms with van der Waals surface area (Å²) >= 11 is 0. The van der Waals surface area contributed by atoms with E-state index in [2.05, 4.69) is 21.5 Å². The van der Waals surface area contributed by atoms with E-state index in [1.807, 2.05) is 43.3 Å². The van der Waals surface area contributed by atoms with Crippen LogP contribution in [0.3, 0.4) is 0 Å². The Labute approximate surface area is 198 Å². The lowest BCUT2D eigenvalue weighted by Gasteiger charge is -2.19. The Morgan fingerprint density at radius 2 is 1.91 bits per heavy atom. The number of aromatic nitrogens is 1. The number of nitrogens with zero attached hydrogens (tertiary/aromatic N) is 2. The van der Waals surface area contributed by atoms with Gasteiger partial charge in [-0.25, -0.2) is 14.6 Å². The molecule has 0 fully saturated rings. The number of carbonyl (C=O) groups is 2. The van der Waals surface area contributed by atoms with Crippen molar-refractivity contribution >= 4 is 41.1 Å². The first-order valence-electron chi connectivity index (χ1n) is 10.1. The molecule has 3 rings (SSSR count). The highest BCUT2D eigenvalue weighted by Gasteiger charge is 2.16. The van der Waals surface area contributed by atoms with Gasteiger partial charge < -0.3 is 16.2 Å². The maximum Gasteiger partial charge on any atom is 0.408 e. The van der Waals surface area contributed by atoms with Gasteiger partial charge in [0.2, 0.25) is 0 Å². The van der Waals surface area contributed by atoms with E-state index in [1.54, 1.807) is 12.3 Å². The van der Waals surface area contributed by atoms with Crippen molar-refractivity contribution in [3.05, 3.63) is 59.8 Å². The van der Waals surface area contributed by atoms with Crippen molar-refractivity contribution in [2.75, 3.05) is 18.4 Å². The minimum absolute atomic E-state index is 0. The Bertz CT molecular complexity index is 1180. The normalized spacial score (nSPS) is 10.1. The molecule has 0 radical (unpaired) electrons. The number of terminal acetylenes is 1. The maximum atomic E-state index is 12.0. The number of pyridine rings is 1. The van der Waals surface area contributed by atoms with Crippen LogP contribution in [0.25, 0.3) is 21.9 Å². The third-order valence-corrected chi connectivity index (χ3v) is 4.98. The van der Waals surface area contributed by atoms with Crippen LogP contribution in [0, 0.1) is 12.3 Å². The van der Waals surface area contributed by atoms with Gasteiger partial charge in [-0.3, -0.25) is 10.2 Å². The molecule has 3 aromatic rings. The molecule has 1 heterocycles. The second kappa shape index (κ2) is 11.7. The van der Waals surface area contributed by atoms with Gasteiger partial charge in [-0.2, -0.15) is 0 Å². The largest absolute Gasteiger partial charge is 0.465 e. The second-order valence-corrected chi connectivity index (χ2v) is 7.12. The van der Waals surface area contributed by atoms with E-state index in [9.17, 15) is 14.7 Å². The van der Waals surface area contributed by atoms with Gasteiger partial charge in [-0.05, 0) is 40.6 Å². The summed E-state index contributed by atoms with van der Waals surface area (Å²) in [5.74, 6) is 2.76. The number of carboxylic acid groups (broad SMARTS) is 1. The van der Waals surface area contributed by atoms with Crippen LogP contribution in [0.4, 0.5) is 15.4 Å². The molecular weight excluding hydrogens is 442 g/mol. The fraction of sp³-hybridized carbons (Fsp3) is 0.208. The number of nitrogens with two attached hydrogens (primary N) is 1. The summed E-state index contributed by atoms with van der Waals surface area (Å²) < 4.78 is 0. The Morgan fingerprint density at radius 3 is 2.52 bits per heavy atom. The standard InChI is InChI=1S/C24H25N5O3.ClH/c1-3-11-29(24(31)32)15-18-9-10-19(17-7-5-16(13-25)6-8-17)20-12-22(27-14-21(18)20)28-23(30)26-4-2;/h1,5-10,12,14H,4,11,13,15,25H2,2H3,(H,31,32)(H2,26,27,28,30);1H. The van der Waals surface area contributed by atoms with Crippen molar-refractivity contribution in [3.63, 3.8) is 0 Å². The number of anilines is 1. The first kappa shape index (κ1) is 25.5. The average Bonchev–Trinajstić information content (AvgIpc) is 2.79. The Hall–Kier alpha value is -3.80. The van der Waals surface area contributed by atoms with E-state index < -0.39 is 6.09 Å². The second-order valence-electron chi connectivity index (χ2n) is 7.12. The van der Waals surface area contributed by atoms with E-state index in [1.165, 1.54) is 0 Å². The van der Waals surface area contributed by atoms with Gasteiger partial charge in [0.1, 0.15) is 5.82 Å². The molecule has 0 atom stereocenters. The number of fused-ring (bicyclic) bond motifs is 1. The molecule has 0 spiro atoms. The lowest BCUT2D eigenvalue weighted by Crippen LogP contribution is -2.29. The van der Waals surface area contributed by atoms with E-state index in [-0.39, 0.29) is 31.5 Å². The summed E-state index contributed by atoms with van der Waals surface area (Å²) in [5, 5.41) is 16.5. The summed E-state index contributed by atoms with van der Waals surface area (Å²) in [6, 6.07) is 13.1. The number of hydrogen-bond acceptors (Lipinski definition) is 4. The zero-order chi connectivity index (χ0) is 23.1. The lowest BCUT2D eigenvalue weighted by molar-refractivity contribution is 0.149. The lowest BCUT2D eigenvalue weighted by atomic mass is 9.95. The van der Waals surface area contributed by atoms with Crippen LogP contribution in [-0.4, -0.2) is 40.2 Å². The molecule has 8 nitrogen and oxygen atoms in total. The summed E-state index contributed by atoms with van der Waals surface area (Å²) in [4.78, 5) is 29.0. The highest BCUT2D eigenvalue weighted by atomic mass is 35.5. The third kappa shape index (κ3) is 6.13. The number of halogens is 1. The van der Waals surface area contributed by atoms with Crippen molar-refractivity contribution in [1.29, 1.82) is 0 Å². The molecule has 0 saturated carbocycles. The van der Waals surface area contributed by atoms with Gasteiger partial charge in [-0.1, -0.05) is 42.3 Å². The SMILES string of the molecule is C#CCN(Cc1ccc(-c2ccc(CN)cc2)c2cc(NC(=O)NCC)ncc12)C(=O)O.Cl. The van der Waals surface area contributed by atoms with Crippen molar-refractivity contribution in [3.8, 4) is 23.5 Å². The van der Waals surface area contributed by atoms with Crippen LogP contribution in [0.15, 0.2) is 48.7 Å². The van der Waals surface area contributed by atoms with E-state index in [4.69, 9.17) is 12.2 Å². The first-order valence-corrected chi connectivity index (χ1v) is 10.1. The molecule has 0 aliphatic rings. The van der Waals surface area contributed by atoms with Gasteiger partial charge in [0.25, 0.3) is 0 Å². The first-order chi connectivity index (χ1) is 15.5.